The largest absolute Gasteiger partial charge is 0.488 e. The maximum atomic E-state index is 12.2. The molecule has 2 aromatic carbocycles. The van der Waals surface area contributed by atoms with Gasteiger partial charge in [0.2, 0.25) is 0 Å². The third kappa shape index (κ3) is 6.14. The van der Waals surface area contributed by atoms with Crippen LogP contribution in [0.15, 0.2) is 53.7 Å². The maximum Gasteiger partial charge on any atom is 0.291 e. The molecule has 3 aromatic rings. The highest BCUT2D eigenvalue weighted by Gasteiger charge is 2.40. The van der Waals surface area contributed by atoms with Gasteiger partial charge >= 0.3 is 0 Å². The molecule has 1 amide bonds. The van der Waals surface area contributed by atoms with Crippen LogP contribution >= 0.6 is 0 Å². The van der Waals surface area contributed by atoms with E-state index in [4.69, 9.17) is 19.2 Å². The molecule has 9 nitrogen and oxygen atoms in total. The first kappa shape index (κ1) is 30.4. The Labute approximate surface area is 259 Å². The van der Waals surface area contributed by atoms with Crippen LogP contribution in [0.25, 0.3) is 11.3 Å². The Balaban J connectivity index is 1.21. The number of amides is 1. The van der Waals surface area contributed by atoms with E-state index in [2.05, 4.69) is 47.0 Å². The Morgan fingerprint density at radius 1 is 1.05 bits per heavy atom. The SMILES string of the molecule is COCC1C(C(=O)N=O)CCN1c1cccc(-c2cccc(C)c2OCc2ccc3c(c2C)CCN(C2CCOCC2)C3)n1. The number of carbonyl (C=O) groups is 1. The Bertz CT molecular complexity index is 1500. The predicted molar refractivity (Wildman–Crippen MR) is 170 cm³/mol. The summed E-state index contributed by atoms with van der Waals surface area (Å²) in [6.45, 7) is 9.52. The molecule has 0 radical (unpaired) electrons. The van der Waals surface area contributed by atoms with Crippen LogP contribution in [0, 0.1) is 24.7 Å². The van der Waals surface area contributed by atoms with E-state index < -0.39 is 11.8 Å². The number of nitrogens with zero attached hydrogens (tertiary/aromatic N) is 4. The molecule has 3 aliphatic rings. The second-order valence-electron chi connectivity index (χ2n) is 12.2. The van der Waals surface area contributed by atoms with Gasteiger partial charge in [0, 0.05) is 56.7 Å². The van der Waals surface area contributed by atoms with Crippen LogP contribution in [0.2, 0.25) is 0 Å². The topological polar surface area (TPSA) is 93.6 Å². The van der Waals surface area contributed by atoms with Gasteiger partial charge in [-0.2, -0.15) is 0 Å². The second kappa shape index (κ2) is 13.5. The van der Waals surface area contributed by atoms with Gasteiger partial charge in [-0.15, -0.1) is 4.91 Å². The van der Waals surface area contributed by atoms with Gasteiger partial charge in [0.15, 0.2) is 0 Å². The van der Waals surface area contributed by atoms with Crippen LogP contribution in [0.4, 0.5) is 5.82 Å². The van der Waals surface area contributed by atoms with Crippen LogP contribution in [0.3, 0.4) is 0 Å². The molecule has 232 valence electrons. The number of methoxy groups -OCH3 is 1. The molecular weight excluding hydrogens is 556 g/mol. The van der Waals surface area contributed by atoms with E-state index in [9.17, 15) is 9.70 Å². The summed E-state index contributed by atoms with van der Waals surface area (Å²) >= 11 is 0. The van der Waals surface area contributed by atoms with Gasteiger partial charge in [0.25, 0.3) is 5.91 Å². The van der Waals surface area contributed by atoms with Gasteiger partial charge in [0.05, 0.1) is 24.3 Å². The fraction of sp³-hybridized carbons (Fsp3) is 0.486. The molecular formula is C35H42N4O5. The van der Waals surface area contributed by atoms with Crippen molar-refractivity contribution in [3.05, 3.63) is 81.3 Å². The standard InChI is InChI=1S/C35H42N4O5/c1-23-6-4-7-29(31-8-5-9-33(36-31)39-17-13-30(35(40)37-41)32(39)22-42-3)34(23)44-21-26-11-10-25-20-38(16-12-28(25)24(26)2)27-14-18-43-19-15-27/h4-11,27,30,32H,12-22H2,1-3H3. The maximum absolute atomic E-state index is 12.2. The van der Waals surface area contributed by atoms with Crippen molar-refractivity contribution in [3.8, 4) is 17.0 Å². The van der Waals surface area contributed by atoms with Gasteiger partial charge < -0.3 is 19.1 Å². The first-order chi connectivity index (χ1) is 21.5. The number of pyridine rings is 1. The number of nitroso groups, excluding NO2 is 1. The monoisotopic (exact) mass is 598 g/mol. The minimum Gasteiger partial charge on any atom is -0.488 e. The quantitative estimate of drug-likeness (QED) is 0.293. The predicted octanol–water partition coefficient (Wildman–Crippen LogP) is 5.62. The van der Waals surface area contributed by atoms with Crippen molar-refractivity contribution in [1.82, 2.24) is 9.88 Å². The lowest BCUT2D eigenvalue weighted by Gasteiger charge is -2.38. The molecule has 9 heteroatoms. The Hall–Kier alpha value is -3.66. The van der Waals surface area contributed by atoms with Crippen molar-refractivity contribution in [3.63, 3.8) is 0 Å². The minimum absolute atomic E-state index is 0.295. The number of ether oxygens (including phenoxy) is 3. The summed E-state index contributed by atoms with van der Waals surface area (Å²) < 4.78 is 17.6. The molecule has 0 N–H and O–H groups in total. The minimum atomic E-state index is -0.630. The van der Waals surface area contributed by atoms with Gasteiger partial charge in [0.1, 0.15) is 18.2 Å². The number of aryl methyl sites for hydroxylation is 1. The zero-order chi connectivity index (χ0) is 30.6. The third-order valence-corrected chi connectivity index (χ3v) is 9.72. The van der Waals surface area contributed by atoms with Crippen LogP contribution in [0.5, 0.6) is 5.75 Å². The Morgan fingerprint density at radius 2 is 1.86 bits per heavy atom. The zero-order valence-corrected chi connectivity index (χ0v) is 26.0. The van der Waals surface area contributed by atoms with Gasteiger partial charge in [-0.1, -0.05) is 30.3 Å². The van der Waals surface area contributed by atoms with Crippen LogP contribution in [-0.4, -0.2) is 67.9 Å². The van der Waals surface area contributed by atoms with E-state index >= 15 is 0 Å². The summed E-state index contributed by atoms with van der Waals surface area (Å²) in [5.74, 6) is 0.418. The molecule has 2 fully saturated rings. The molecule has 0 aliphatic carbocycles. The van der Waals surface area contributed by atoms with Crippen LogP contribution < -0.4 is 9.64 Å². The molecule has 2 saturated heterocycles. The number of rotatable bonds is 9. The molecule has 0 saturated carbocycles. The van der Waals surface area contributed by atoms with E-state index in [0.29, 0.717) is 32.2 Å². The third-order valence-electron chi connectivity index (χ3n) is 9.72. The number of para-hydroxylation sites is 1. The van der Waals surface area contributed by atoms with E-state index in [-0.39, 0.29) is 6.04 Å². The molecule has 0 bridgehead atoms. The molecule has 1 aromatic heterocycles. The summed E-state index contributed by atoms with van der Waals surface area (Å²) in [6.07, 6.45) is 3.85. The smallest absolute Gasteiger partial charge is 0.291 e. The molecule has 4 heterocycles. The van der Waals surface area contributed by atoms with Gasteiger partial charge in [-0.3, -0.25) is 9.69 Å². The van der Waals surface area contributed by atoms with Crippen molar-refractivity contribution in [2.24, 2.45) is 11.1 Å². The molecule has 3 aliphatic heterocycles. The normalized spacial score (nSPS) is 20.8. The van der Waals surface area contributed by atoms with Gasteiger partial charge in [-0.05, 0) is 85.5 Å². The molecule has 2 unspecified atom stereocenters. The first-order valence-electron chi connectivity index (χ1n) is 15.7. The zero-order valence-electron chi connectivity index (χ0n) is 26.0. The van der Waals surface area contributed by atoms with Crippen LogP contribution in [0.1, 0.15) is 47.1 Å². The number of benzene rings is 2. The van der Waals surface area contributed by atoms with Crippen molar-refractivity contribution < 1.29 is 19.0 Å². The Morgan fingerprint density at radius 3 is 2.66 bits per heavy atom. The number of hydrogen-bond donors (Lipinski definition) is 0. The second-order valence-corrected chi connectivity index (χ2v) is 12.2. The fourth-order valence-electron chi connectivity index (χ4n) is 7.23. The molecule has 2 atom stereocenters. The number of aromatic nitrogens is 1. The van der Waals surface area contributed by atoms with Crippen molar-refractivity contribution in [2.45, 2.75) is 64.8 Å². The van der Waals surface area contributed by atoms with Crippen molar-refractivity contribution in [2.75, 3.05) is 44.9 Å². The van der Waals surface area contributed by atoms with E-state index in [1.165, 1.54) is 22.3 Å². The molecule has 6 rings (SSSR count). The Kier molecular flexibility index (Phi) is 9.35. The first-order valence-corrected chi connectivity index (χ1v) is 15.7. The van der Waals surface area contributed by atoms with Crippen molar-refractivity contribution in [1.29, 1.82) is 0 Å². The average molecular weight is 599 g/mol. The lowest BCUT2D eigenvalue weighted by atomic mass is 9.90. The molecule has 44 heavy (non-hydrogen) atoms. The summed E-state index contributed by atoms with van der Waals surface area (Å²) in [5.41, 5.74) is 8.18. The highest BCUT2D eigenvalue weighted by atomic mass is 16.5. The summed E-state index contributed by atoms with van der Waals surface area (Å²) in [4.78, 5) is 32.9. The van der Waals surface area contributed by atoms with Gasteiger partial charge in [-0.25, -0.2) is 4.98 Å². The van der Waals surface area contributed by atoms with E-state index in [0.717, 1.165) is 74.0 Å². The summed E-state index contributed by atoms with van der Waals surface area (Å²) in [7, 11) is 1.60. The van der Waals surface area contributed by atoms with Crippen LogP contribution in [-0.2, 0) is 33.8 Å². The number of hydrogen-bond acceptors (Lipinski definition) is 8. The number of anilines is 1. The highest BCUT2D eigenvalue weighted by Crippen LogP contribution is 2.36. The number of carbonyl (C=O) groups excluding carboxylic acids is 1. The molecule has 0 spiro atoms. The number of fused-ring (bicyclic) bond motifs is 1. The summed E-state index contributed by atoms with van der Waals surface area (Å²) in [5, 5.41) is 2.70. The fourth-order valence-corrected chi connectivity index (χ4v) is 7.23. The van der Waals surface area contributed by atoms with Crippen molar-refractivity contribution >= 4 is 11.7 Å². The lowest BCUT2D eigenvalue weighted by Crippen LogP contribution is -2.42. The van der Waals surface area contributed by atoms with E-state index in [1.807, 2.05) is 30.3 Å². The summed E-state index contributed by atoms with van der Waals surface area (Å²) in [6, 6.07) is 16.9. The lowest BCUT2D eigenvalue weighted by molar-refractivity contribution is -0.122. The van der Waals surface area contributed by atoms with E-state index in [1.54, 1.807) is 7.11 Å². The average Bonchev–Trinajstić information content (AvgIpc) is 3.48. The highest BCUT2D eigenvalue weighted by molar-refractivity contribution is 5.81.